The van der Waals surface area contributed by atoms with Gasteiger partial charge in [0, 0.05) is 25.6 Å². The van der Waals surface area contributed by atoms with Gasteiger partial charge in [-0.3, -0.25) is 15.6 Å². The molecule has 0 bridgehead atoms. The molecule has 1 aliphatic rings. The van der Waals surface area contributed by atoms with Crippen molar-refractivity contribution < 1.29 is 22.0 Å². The van der Waals surface area contributed by atoms with Crippen molar-refractivity contribution in [1.29, 1.82) is 0 Å². The Kier molecular flexibility index (Phi) is 6.71. The topological polar surface area (TPSA) is 78.5 Å². The average Bonchev–Trinajstić information content (AvgIpc) is 2.67. The molecule has 0 aromatic heterocycles. The Hall–Kier alpha value is -2.23. The summed E-state index contributed by atoms with van der Waals surface area (Å²) < 4.78 is 53.7. The van der Waals surface area contributed by atoms with E-state index in [1.807, 2.05) is 0 Å². The summed E-state index contributed by atoms with van der Waals surface area (Å²) in [6.07, 6.45) is 1.30. The quantitative estimate of drug-likeness (QED) is 0.669. The lowest BCUT2D eigenvalue weighted by Crippen LogP contribution is -2.42. The van der Waals surface area contributed by atoms with Crippen molar-refractivity contribution >= 4 is 33.2 Å². The van der Waals surface area contributed by atoms with Gasteiger partial charge in [-0.05, 0) is 43.0 Å². The predicted molar refractivity (Wildman–Crippen MR) is 106 cm³/mol. The number of benzene rings is 2. The Balaban J connectivity index is 1.61. The minimum Gasteiger partial charge on any atom is -0.297 e. The maximum absolute atomic E-state index is 14.0. The Morgan fingerprint density at radius 1 is 1.21 bits per heavy atom. The largest absolute Gasteiger partial charge is 0.297 e. The van der Waals surface area contributed by atoms with E-state index in [4.69, 9.17) is 11.6 Å². The SMILES string of the molecule is O=C(CC1CCCN(S(=O)(=O)c2ccc(F)cc2F)C1)NNc1ccccc1Cl. The minimum atomic E-state index is -4.11. The molecule has 2 N–H and O–H groups in total. The Bertz CT molecular complexity index is 1000. The lowest BCUT2D eigenvalue weighted by molar-refractivity contribution is -0.121. The second-order valence-corrected chi connectivity index (χ2v) is 9.12. The lowest BCUT2D eigenvalue weighted by Gasteiger charge is -2.31. The smallest absolute Gasteiger partial charge is 0.245 e. The number of amides is 1. The monoisotopic (exact) mass is 443 g/mol. The third kappa shape index (κ3) is 5.23. The van der Waals surface area contributed by atoms with Crippen molar-refractivity contribution in [2.45, 2.75) is 24.2 Å². The minimum absolute atomic E-state index is 0.0820. The predicted octanol–water partition coefficient (Wildman–Crippen LogP) is 3.55. The van der Waals surface area contributed by atoms with Crippen LogP contribution >= 0.6 is 11.6 Å². The number of carbonyl (C=O) groups is 1. The highest BCUT2D eigenvalue weighted by Crippen LogP contribution is 2.27. The number of hydrazine groups is 1. The van der Waals surface area contributed by atoms with E-state index in [1.54, 1.807) is 24.3 Å². The standard InChI is InChI=1S/C19H20ClF2N3O3S/c20-15-5-1-2-6-17(15)23-24-19(26)10-13-4-3-9-25(12-13)29(27,28)18-8-7-14(21)11-16(18)22/h1-2,5-8,11,13,23H,3-4,9-10,12H2,(H,24,26). The molecular formula is C19H20ClF2N3O3S. The number of hydrogen-bond acceptors (Lipinski definition) is 4. The van der Waals surface area contributed by atoms with E-state index in [1.165, 1.54) is 0 Å². The summed E-state index contributed by atoms with van der Waals surface area (Å²) in [7, 11) is -4.11. The van der Waals surface area contributed by atoms with Crippen LogP contribution in [0.1, 0.15) is 19.3 Å². The second-order valence-electron chi connectivity index (χ2n) is 6.80. The summed E-state index contributed by atoms with van der Waals surface area (Å²) in [6.45, 7) is 0.299. The first-order valence-corrected chi connectivity index (χ1v) is 10.8. The molecule has 0 saturated carbocycles. The molecule has 6 nitrogen and oxygen atoms in total. The van der Waals surface area contributed by atoms with Gasteiger partial charge in [-0.1, -0.05) is 23.7 Å². The van der Waals surface area contributed by atoms with Crippen LogP contribution in [0.2, 0.25) is 5.02 Å². The molecule has 2 aromatic carbocycles. The molecule has 3 rings (SSSR count). The van der Waals surface area contributed by atoms with Crippen LogP contribution < -0.4 is 10.9 Å². The Morgan fingerprint density at radius 3 is 2.69 bits per heavy atom. The van der Waals surface area contributed by atoms with Crippen molar-refractivity contribution in [3.63, 3.8) is 0 Å². The zero-order valence-electron chi connectivity index (χ0n) is 15.4. The van der Waals surface area contributed by atoms with Crippen LogP contribution in [-0.4, -0.2) is 31.7 Å². The molecule has 1 saturated heterocycles. The van der Waals surface area contributed by atoms with Crippen LogP contribution in [0, 0.1) is 17.6 Å². The number of para-hydroxylation sites is 1. The van der Waals surface area contributed by atoms with Crippen LogP contribution in [0.3, 0.4) is 0 Å². The number of rotatable bonds is 6. The maximum Gasteiger partial charge on any atom is 0.245 e. The molecule has 1 heterocycles. The van der Waals surface area contributed by atoms with Crippen LogP contribution in [0.25, 0.3) is 0 Å². The first-order valence-electron chi connectivity index (χ1n) is 9.02. The van der Waals surface area contributed by atoms with E-state index < -0.39 is 26.6 Å². The van der Waals surface area contributed by atoms with Crippen molar-refractivity contribution in [2.75, 3.05) is 18.5 Å². The average molecular weight is 444 g/mol. The first-order chi connectivity index (χ1) is 13.8. The van der Waals surface area contributed by atoms with Gasteiger partial charge in [0.05, 0.1) is 10.7 Å². The summed E-state index contributed by atoms with van der Waals surface area (Å²) in [6, 6.07) is 9.27. The molecule has 10 heteroatoms. The van der Waals surface area contributed by atoms with Crippen molar-refractivity contribution in [3.8, 4) is 0 Å². The lowest BCUT2D eigenvalue weighted by atomic mass is 9.96. The van der Waals surface area contributed by atoms with Gasteiger partial charge < -0.3 is 0 Å². The highest BCUT2D eigenvalue weighted by Gasteiger charge is 2.33. The fraction of sp³-hybridized carbons (Fsp3) is 0.316. The molecule has 1 unspecified atom stereocenters. The van der Waals surface area contributed by atoms with Crippen LogP contribution in [-0.2, 0) is 14.8 Å². The van der Waals surface area contributed by atoms with E-state index in [0.717, 1.165) is 16.4 Å². The third-order valence-corrected chi connectivity index (χ3v) is 6.91. The zero-order chi connectivity index (χ0) is 21.0. The number of sulfonamides is 1. The third-order valence-electron chi connectivity index (χ3n) is 4.68. The van der Waals surface area contributed by atoms with Gasteiger partial charge in [0.1, 0.15) is 16.5 Å². The van der Waals surface area contributed by atoms with Gasteiger partial charge >= 0.3 is 0 Å². The summed E-state index contributed by atoms with van der Waals surface area (Å²) in [5, 5.41) is 0.448. The van der Waals surface area contributed by atoms with Gasteiger partial charge in [-0.25, -0.2) is 17.2 Å². The number of hydrogen-bond donors (Lipinski definition) is 2. The number of anilines is 1. The zero-order valence-corrected chi connectivity index (χ0v) is 16.9. The fourth-order valence-electron chi connectivity index (χ4n) is 3.25. The van der Waals surface area contributed by atoms with Crippen molar-refractivity contribution in [2.24, 2.45) is 5.92 Å². The van der Waals surface area contributed by atoms with Crippen LogP contribution in [0.5, 0.6) is 0 Å². The van der Waals surface area contributed by atoms with E-state index in [0.29, 0.717) is 29.6 Å². The summed E-state index contributed by atoms with van der Waals surface area (Å²) in [5.74, 6) is -2.52. The molecule has 1 fully saturated rings. The second kappa shape index (κ2) is 9.06. The highest BCUT2D eigenvalue weighted by molar-refractivity contribution is 7.89. The molecule has 1 aliphatic heterocycles. The van der Waals surface area contributed by atoms with E-state index >= 15 is 0 Å². The number of nitrogens with zero attached hydrogens (tertiary/aromatic N) is 1. The van der Waals surface area contributed by atoms with E-state index in [9.17, 15) is 22.0 Å². The summed E-state index contributed by atoms with van der Waals surface area (Å²) in [4.78, 5) is 11.7. The Labute approximate surface area is 172 Å². The van der Waals surface area contributed by atoms with Gasteiger partial charge in [-0.15, -0.1) is 0 Å². The molecule has 0 aliphatic carbocycles. The van der Waals surface area contributed by atoms with E-state index in [2.05, 4.69) is 10.9 Å². The maximum atomic E-state index is 14.0. The van der Waals surface area contributed by atoms with Crippen molar-refractivity contribution in [1.82, 2.24) is 9.73 Å². The van der Waals surface area contributed by atoms with Crippen LogP contribution in [0.15, 0.2) is 47.4 Å². The van der Waals surface area contributed by atoms with Crippen LogP contribution in [0.4, 0.5) is 14.5 Å². The Morgan fingerprint density at radius 2 is 1.97 bits per heavy atom. The molecule has 1 atom stereocenters. The first kappa shape index (κ1) is 21.5. The molecular weight excluding hydrogens is 424 g/mol. The molecule has 29 heavy (non-hydrogen) atoms. The van der Waals surface area contributed by atoms with Gasteiger partial charge in [0.25, 0.3) is 0 Å². The normalized spacial score (nSPS) is 17.7. The molecule has 0 spiro atoms. The number of piperidine rings is 1. The fourth-order valence-corrected chi connectivity index (χ4v) is 5.03. The number of nitrogens with one attached hydrogen (secondary N) is 2. The van der Waals surface area contributed by atoms with Gasteiger partial charge in [0.2, 0.25) is 15.9 Å². The van der Waals surface area contributed by atoms with Gasteiger partial charge in [-0.2, -0.15) is 4.31 Å². The molecule has 0 radical (unpaired) electrons. The van der Waals surface area contributed by atoms with Gasteiger partial charge in [0.15, 0.2) is 0 Å². The molecule has 156 valence electrons. The number of halogens is 3. The summed E-state index contributed by atoms with van der Waals surface area (Å²) in [5.41, 5.74) is 5.82. The van der Waals surface area contributed by atoms with Crippen molar-refractivity contribution in [3.05, 3.63) is 59.1 Å². The molecule has 2 aromatic rings. The van der Waals surface area contributed by atoms with E-state index in [-0.39, 0.29) is 31.3 Å². The number of carbonyl (C=O) groups excluding carboxylic acids is 1. The summed E-state index contributed by atoms with van der Waals surface area (Å²) >= 11 is 6.01. The highest BCUT2D eigenvalue weighted by atomic mass is 35.5. The molecule has 1 amide bonds.